The number of aromatic nitrogens is 4. The van der Waals surface area contributed by atoms with E-state index in [1.165, 1.54) is 0 Å². The molecule has 21 heavy (non-hydrogen) atoms. The van der Waals surface area contributed by atoms with Gasteiger partial charge in [-0.2, -0.15) is 5.10 Å². The molecule has 1 atom stereocenters. The average Bonchev–Trinajstić information content (AvgIpc) is 2.73. The third kappa shape index (κ3) is 3.32. The Morgan fingerprint density at radius 3 is 2.76 bits per heavy atom. The summed E-state index contributed by atoms with van der Waals surface area (Å²) in [6, 6.07) is 0. The van der Waals surface area contributed by atoms with Crippen LogP contribution in [0.5, 0.6) is 0 Å². The maximum atomic E-state index is 10.7. The van der Waals surface area contributed by atoms with Crippen LogP contribution in [0.3, 0.4) is 0 Å². The van der Waals surface area contributed by atoms with Gasteiger partial charge in [-0.3, -0.25) is 9.48 Å². The minimum atomic E-state index is -0.818. The van der Waals surface area contributed by atoms with E-state index in [0.717, 1.165) is 29.6 Å². The first-order chi connectivity index (χ1) is 9.93. The molecule has 0 bridgehead atoms. The average molecular weight is 311 g/mol. The Hall–Kier alpha value is -1.69. The van der Waals surface area contributed by atoms with Crippen molar-refractivity contribution >= 4 is 28.6 Å². The van der Waals surface area contributed by atoms with Crippen molar-refractivity contribution in [3.63, 3.8) is 0 Å². The van der Waals surface area contributed by atoms with Crippen LogP contribution in [0, 0.1) is 0 Å². The minimum absolute atomic E-state index is 0.0577. The summed E-state index contributed by atoms with van der Waals surface area (Å²) in [7, 11) is 1.82. The molecule has 2 aromatic heterocycles. The summed E-state index contributed by atoms with van der Waals surface area (Å²) in [6.07, 6.45) is 2.38. The molecule has 6 nitrogen and oxygen atoms in total. The highest BCUT2D eigenvalue weighted by atomic mass is 35.5. The fourth-order valence-corrected chi connectivity index (χ4v) is 2.60. The third-order valence-electron chi connectivity index (χ3n) is 3.45. The molecular weight excluding hydrogens is 292 g/mol. The van der Waals surface area contributed by atoms with Gasteiger partial charge in [-0.1, -0.05) is 31.9 Å². The Labute approximate surface area is 128 Å². The number of rotatable bonds is 6. The van der Waals surface area contributed by atoms with E-state index < -0.39 is 5.97 Å². The van der Waals surface area contributed by atoms with Gasteiger partial charge < -0.3 is 5.11 Å². The number of aliphatic carboxylic acids is 1. The van der Waals surface area contributed by atoms with Gasteiger partial charge in [-0.05, 0) is 12.8 Å². The zero-order chi connectivity index (χ0) is 15.6. The molecule has 0 saturated heterocycles. The van der Waals surface area contributed by atoms with Gasteiger partial charge in [-0.15, -0.1) is 0 Å². The number of aryl methyl sites for hydroxylation is 2. The molecule has 0 amide bonds. The summed E-state index contributed by atoms with van der Waals surface area (Å²) in [5.74, 6) is -0.293. The van der Waals surface area contributed by atoms with Crippen molar-refractivity contribution < 1.29 is 9.90 Å². The molecule has 0 aliphatic heterocycles. The van der Waals surface area contributed by atoms with Crippen LogP contribution >= 0.6 is 11.6 Å². The summed E-state index contributed by atoms with van der Waals surface area (Å²) in [5.41, 5.74) is 2.41. The van der Waals surface area contributed by atoms with Crippen molar-refractivity contribution in [2.45, 2.75) is 45.4 Å². The van der Waals surface area contributed by atoms with Gasteiger partial charge in [0.05, 0.1) is 5.69 Å². The lowest BCUT2D eigenvalue weighted by atomic mass is 10.0. The summed E-state index contributed by atoms with van der Waals surface area (Å²) in [6.45, 7) is 4.00. The maximum absolute atomic E-state index is 10.7. The van der Waals surface area contributed by atoms with Crippen LogP contribution in [-0.2, 0) is 18.3 Å². The van der Waals surface area contributed by atoms with Gasteiger partial charge in [-0.25, -0.2) is 9.97 Å². The van der Waals surface area contributed by atoms with Gasteiger partial charge >= 0.3 is 5.97 Å². The lowest BCUT2D eigenvalue weighted by Crippen LogP contribution is -2.05. The molecule has 0 saturated carbocycles. The standard InChI is InChI=1S/C14H19ClN4O2/c1-4-5-9-11-12(19(3)18-9)13(15)17-14(16-11)8(2)6-7-10(20)21/h8H,4-7H2,1-3H3,(H,20,21). The second-order valence-corrected chi connectivity index (χ2v) is 5.58. The van der Waals surface area contributed by atoms with Crippen LogP contribution in [-0.4, -0.2) is 30.8 Å². The number of hydrogen-bond donors (Lipinski definition) is 1. The Bertz CT molecular complexity index is 669. The number of fused-ring (bicyclic) bond motifs is 1. The van der Waals surface area contributed by atoms with Crippen LogP contribution in [0.4, 0.5) is 0 Å². The summed E-state index contributed by atoms with van der Waals surface area (Å²) in [4.78, 5) is 19.6. The molecule has 2 aromatic rings. The molecule has 1 N–H and O–H groups in total. The Balaban J connectivity index is 2.42. The number of nitrogens with zero attached hydrogens (tertiary/aromatic N) is 4. The van der Waals surface area contributed by atoms with E-state index >= 15 is 0 Å². The number of carboxylic acid groups (broad SMARTS) is 1. The van der Waals surface area contributed by atoms with E-state index in [1.807, 2.05) is 14.0 Å². The second kappa shape index (κ2) is 6.39. The molecule has 0 aromatic carbocycles. The van der Waals surface area contributed by atoms with Crippen molar-refractivity contribution in [2.75, 3.05) is 0 Å². The lowest BCUT2D eigenvalue weighted by Gasteiger charge is -2.09. The molecule has 2 heterocycles. The van der Waals surface area contributed by atoms with Gasteiger partial charge in [0.1, 0.15) is 16.9 Å². The van der Waals surface area contributed by atoms with E-state index in [0.29, 0.717) is 17.4 Å². The highest BCUT2D eigenvalue weighted by Crippen LogP contribution is 2.27. The largest absolute Gasteiger partial charge is 0.481 e. The van der Waals surface area contributed by atoms with Gasteiger partial charge in [0.25, 0.3) is 0 Å². The van der Waals surface area contributed by atoms with Crippen LogP contribution in [0.2, 0.25) is 5.15 Å². The number of halogens is 1. The fourth-order valence-electron chi connectivity index (χ4n) is 2.30. The zero-order valence-corrected chi connectivity index (χ0v) is 13.2. The summed E-state index contributed by atoms with van der Waals surface area (Å²) >= 11 is 6.26. The van der Waals surface area contributed by atoms with Crippen molar-refractivity contribution in [1.82, 2.24) is 19.7 Å². The molecule has 2 rings (SSSR count). The molecule has 1 unspecified atom stereocenters. The molecule has 7 heteroatoms. The molecular formula is C14H19ClN4O2. The lowest BCUT2D eigenvalue weighted by molar-refractivity contribution is -0.137. The van der Waals surface area contributed by atoms with Crippen molar-refractivity contribution in [3.05, 3.63) is 16.7 Å². The fraction of sp³-hybridized carbons (Fsp3) is 0.571. The molecule has 114 valence electrons. The van der Waals surface area contributed by atoms with Crippen LogP contribution in [0.15, 0.2) is 0 Å². The second-order valence-electron chi connectivity index (χ2n) is 5.22. The van der Waals surface area contributed by atoms with Crippen molar-refractivity contribution in [3.8, 4) is 0 Å². The SMILES string of the molecule is CCCc1nn(C)c2c(Cl)nc(C(C)CCC(=O)O)nc12. The van der Waals surface area contributed by atoms with Crippen molar-refractivity contribution in [1.29, 1.82) is 0 Å². The Morgan fingerprint density at radius 1 is 1.43 bits per heavy atom. The predicted molar refractivity (Wildman–Crippen MR) is 80.6 cm³/mol. The normalized spacial score (nSPS) is 12.8. The first-order valence-electron chi connectivity index (χ1n) is 7.04. The van der Waals surface area contributed by atoms with Gasteiger partial charge in [0.15, 0.2) is 5.15 Å². The Morgan fingerprint density at radius 2 is 2.14 bits per heavy atom. The number of carboxylic acids is 1. The predicted octanol–water partition coefficient (Wildman–Crippen LogP) is 2.94. The number of carbonyl (C=O) groups is 1. The van der Waals surface area contributed by atoms with Crippen molar-refractivity contribution in [2.24, 2.45) is 7.05 Å². The molecule has 0 aliphatic carbocycles. The Kier molecular flexibility index (Phi) is 4.77. The van der Waals surface area contributed by atoms with E-state index in [4.69, 9.17) is 16.7 Å². The van der Waals surface area contributed by atoms with Gasteiger partial charge in [0, 0.05) is 19.4 Å². The third-order valence-corrected chi connectivity index (χ3v) is 3.71. The molecule has 0 spiro atoms. The smallest absolute Gasteiger partial charge is 0.303 e. The van der Waals surface area contributed by atoms with Crippen LogP contribution < -0.4 is 0 Å². The van der Waals surface area contributed by atoms with E-state index in [-0.39, 0.29) is 12.3 Å². The first kappa shape index (κ1) is 15.7. The minimum Gasteiger partial charge on any atom is -0.481 e. The highest BCUT2D eigenvalue weighted by molar-refractivity contribution is 6.33. The maximum Gasteiger partial charge on any atom is 0.303 e. The van der Waals surface area contributed by atoms with E-state index in [2.05, 4.69) is 22.0 Å². The summed E-state index contributed by atoms with van der Waals surface area (Å²) < 4.78 is 1.70. The molecule has 0 radical (unpaired) electrons. The number of hydrogen-bond acceptors (Lipinski definition) is 4. The highest BCUT2D eigenvalue weighted by Gasteiger charge is 2.18. The van der Waals surface area contributed by atoms with E-state index in [1.54, 1.807) is 4.68 Å². The molecule has 0 aliphatic rings. The van der Waals surface area contributed by atoms with Gasteiger partial charge in [0.2, 0.25) is 0 Å². The first-order valence-corrected chi connectivity index (χ1v) is 7.42. The molecule has 0 fully saturated rings. The van der Waals surface area contributed by atoms with Crippen LogP contribution in [0.25, 0.3) is 11.0 Å². The van der Waals surface area contributed by atoms with Crippen LogP contribution in [0.1, 0.15) is 50.5 Å². The van der Waals surface area contributed by atoms with E-state index in [9.17, 15) is 4.79 Å². The summed E-state index contributed by atoms with van der Waals surface area (Å²) in [5, 5.41) is 13.6. The quantitative estimate of drug-likeness (QED) is 0.830. The monoisotopic (exact) mass is 310 g/mol. The topological polar surface area (TPSA) is 80.9 Å². The zero-order valence-electron chi connectivity index (χ0n) is 12.4.